The number of halogens is 1. The van der Waals surface area contributed by atoms with E-state index in [1.807, 2.05) is 43.3 Å². The fraction of sp³-hybridized carbons (Fsp3) is 0.105. The van der Waals surface area contributed by atoms with E-state index in [1.165, 1.54) is 0 Å². The first kappa shape index (κ1) is 16.9. The van der Waals surface area contributed by atoms with Crippen LogP contribution in [0.1, 0.15) is 28.5 Å². The average Bonchev–Trinajstić information content (AvgIpc) is 3.05. The molecule has 5 nitrogen and oxygen atoms in total. The lowest BCUT2D eigenvalue weighted by molar-refractivity contribution is 0.102. The summed E-state index contributed by atoms with van der Waals surface area (Å²) < 4.78 is 2.51. The van der Waals surface area contributed by atoms with Crippen LogP contribution in [-0.4, -0.2) is 15.7 Å². The van der Waals surface area contributed by atoms with Crippen molar-refractivity contribution < 1.29 is 4.79 Å². The fourth-order valence-electron chi connectivity index (χ4n) is 2.46. The molecule has 1 amide bonds. The smallest absolute Gasteiger partial charge is 0.258 e. The Labute approximate surface area is 154 Å². The molecule has 0 radical (unpaired) electrons. The third-order valence-corrected chi connectivity index (χ3v) is 4.44. The highest BCUT2D eigenvalue weighted by atomic mass is 79.9. The zero-order valence-electron chi connectivity index (χ0n) is 13.5. The first-order valence-electron chi connectivity index (χ1n) is 7.77. The van der Waals surface area contributed by atoms with Crippen LogP contribution in [-0.2, 0) is 6.42 Å². The molecule has 0 atom stereocenters. The van der Waals surface area contributed by atoms with Crippen molar-refractivity contribution in [2.45, 2.75) is 13.3 Å². The minimum Gasteiger partial charge on any atom is -0.305 e. The van der Waals surface area contributed by atoms with Crippen LogP contribution in [0.3, 0.4) is 0 Å². The van der Waals surface area contributed by atoms with Crippen LogP contribution < -0.4 is 5.32 Å². The summed E-state index contributed by atoms with van der Waals surface area (Å²) >= 11 is 3.38. The van der Waals surface area contributed by atoms with Crippen LogP contribution >= 0.6 is 15.9 Å². The minimum absolute atomic E-state index is 0.223. The quantitative estimate of drug-likeness (QED) is 0.715. The molecular formula is C19H15BrN4O. The third-order valence-electron chi connectivity index (χ3n) is 3.75. The molecule has 1 N–H and O–H groups in total. The molecular weight excluding hydrogens is 380 g/mol. The zero-order valence-corrected chi connectivity index (χ0v) is 15.1. The highest BCUT2D eigenvalue weighted by Crippen LogP contribution is 2.20. The molecule has 1 heterocycles. The van der Waals surface area contributed by atoms with Gasteiger partial charge in [-0.3, -0.25) is 4.79 Å². The van der Waals surface area contributed by atoms with Crippen LogP contribution in [0.25, 0.3) is 5.69 Å². The second kappa shape index (κ2) is 7.32. The highest BCUT2D eigenvalue weighted by molar-refractivity contribution is 9.10. The Hall–Kier alpha value is -2.91. The summed E-state index contributed by atoms with van der Waals surface area (Å²) in [7, 11) is 0. The van der Waals surface area contributed by atoms with Crippen molar-refractivity contribution in [3.63, 3.8) is 0 Å². The van der Waals surface area contributed by atoms with E-state index in [-0.39, 0.29) is 5.91 Å². The molecule has 0 saturated carbocycles. The Balaban J connectivity index is 1.89. The molecule has 0 aliphatic rings. The second-order valence-corrected chi connectivity index (χ2v) is 6.23. The van der Waals surface area contributed by atoms with E-state index in [0.29, 0.717) is 16.9 Å². The third kappa shape index (κ3) is 3.62. The van der Waals surface area contributed by atoms with Crippen molar-refractivity contribution in [2.24, 2.45) is 0 Å². The van der Waals surface area contributed by atoms with Crippen molar-refractivity contribution in [3.05, 3.63) is 75.9 Å². The molecule has 25 heavy (non-hydrogen) atoms. The lowest BCUT2D eigenvalue weighted by Crippen LogP contribution is -2.13. The number of nitrogens with zero attached hydrogens (tertiary/aromatic N) is 3. The fourth-order valence-corrected chi connectivity index (χ4v) is 2.93. The van der Waals surface area contributed by atoms with Crippen molar-refractivity contribution in [1.82, 2.24) is 9.78 Å². The number of aryl methyl sites for hydroxylation is 1. The van der Waals surface area contributed by atoms with Gasteiger partial charge in [-0.1, -0.05) is 19.1 Å². The number of amides is 1. The molecule has 0 saturated heterocycles. The maximum absolute atomic E-state index is 12.4. The number of benzene rings is 2. The van der Waals surface area contributed by atoms with Gasteiger partial charge in [0.05, 0.1) is 22.9 Å². The molecule has 3 aromatic rings. The number of aromatic nitrogens is 2. The molecule has 0 unspecified atom stereocenters. The van der Waals surface area contributed by atoms with Crippen molar-refractivity contribution in [1.29, 1.82) is 5.26 Å². The van der Waals surface area contributed by atoms with E-state index in [9.17, 15) is 4.79 Å². The zero-order chi connectivity index (χ0) is 17.8. The molecule has 1 aromatic heterocycles. The number of carbonyl (C=O) groups is 1. The average molecular weight is 395 g/mol. The van der Waals surface area contributed by atoms with Gasteiger partial charge < -0.3 is 5.32 Å². The molecule has 124 valence electrons. The first-order chi connectivity index (χ1) is 12.1. The molecule has 0 aliphatic carbocycles. The van der Waals surface area contributed by atoms with Gasteiger partial charge in [0.1, 0.15) is 0 Å². The van der Waals surface area contributed by atoms with E-state index >= 15 is 0 Å². The van der Waals surface area contributed by atoms with Gasteiger partial charge >= 0.3 is 0 Å². The van der Waals surface area contributed by atoms with Crippen LogP contribution in [0.4, 0.5) is 5.82 Å². The Morgan fingerprint density at radius 3 is 2.60 bits per heavy atom. The van der Waals surface area contributed by atoms with E-state index in [4.69, 9.17) is 5.26 Å². The highest BCUT2D eigenvalue weighted by Gasteiger charge is 2.14. The van der Waals surface area contributed by atoms with Gasteiger partial charge in [-0.05, 0) is 58.7 Å². The summed E-state index contributed by atoms with van der Waals surface area (Å²) in [6, 6.07) is 18.4. The number of carbonyl (C=O) groups excluding carboxylic acids is 1. The van der Waals surface area contributed by atoms with Gasteiger partial charge in [-0.25, -0.2) is 4.68 Å². The van der Waals surface area contributed by atoms with E-state index in [1.54, 1.807) is 22.9 Å². The van der Waals surface area contributed by atoms with Crippen molar-refractivity contribution in [2.75, 3.05) is 5.32 Å². The van der Waals surface area contributed by atoms with E-state index in [2.05, 4.69) is 32.4 Å². The molecule has 0 aliphatic heterocycles. The van der Waals surface area contributed by atoms with E-state index in [0.717, 1.165) is 22.3 Å². The maximum atomic E-state index is 12.4. The lowest BCUT2D eigenvalue weighted by atomic mass is 10.2. The number of hydrogen-bond donors (Lipinski definition) is 1. The van der Waals surface area contributed by atoms with Gasteiger partial charge in [0.25, 0.3) is 5.91 Å². The van der Waals surface area contributed by atoms with Gasteiger partial charge in [0.15, 0.2) is 5.82 Å². The van der Waals surface area contributed by atoms with Gasteiger partial charge in [-0.2, -0.15) is 5.26 Å². The second-order valence-electron chi connectivity index (χ2n) is 5.38. The molecule has 2 aromatic carbocycles. The largest absolute Gasteiger partial charge is 0.305 e. The summed E-state index contributed by atoms with van der Waals surface area (Å²) in [4.78, 5) is 12.4. The van der Waals surface area contributed by atoms with Crippen molar-refractivity contribution in [3.8, 4) is 11.8 Å². The molecule has 6 heteroatoms. The number of anilines is 1. The maximum Gasteiger partial charge on any atom is 0.258 e. The number of nitriles is 1. The summed E-state index contributed by atoms with van der Waals surface area (Å²) in [5.74, 6) is 0.265. The van der Waals surface area contributed by atoms with Crippen LogP contribution in [0.15, 0.2) is 59.1 Å². The lowest BCUT2D eigenvalue weighted by Gasteiger charge is -2.06. The summed E-state index contributed by atoms with van der Waals surface area (Å²) in [6.07, 6.45) is 0.762. The Morgan fingerprint density at radius 2 is 1.96 bits per heavy atom. The Morgan fingerprint density at radius 1 is 1.24 bits per heavy atom. The number of hydrogen-bond acceptors (Lipinski definition) is 3. The van der Waals surface area contributed by atoms with E-state index < -0.39 is 0 Å². The number of rotatable bonds is 4. The van der Waals surface area contributed by atoms with Crippen molar-refractivity contribution >= 4 is 27.7 Å². The van der Waals surface area contributed by atoms with Crippen LogP contribution in [0.2, 0.25) is 0 Å². The minimum atomic E-state index is -0.223. The topological polar surface area (TPSA) is 70.7 Å². The molecule has 0 bridgehead atoms. The van der Waals surface area contributed by atoms with Crippen LogP contribution in [0.5, 0.6) is 0 Å². The Bertz CT molecular complexity index is 954. The predicted molar refractivity (Wildman–Crippen MR) is 99.8 cm³/mol. The normalized spacial score (nSPS) is 10.3. The van der Waals surface area contributed by atoms with Gasteiger partial charge in [0.2, 0.25) is 0 Å². The monoisotopic (exact) mass is 394 g/mol. The van der Waals surface area contributed by atoms with Gasteiger partial charge in [0, 0.05) is 16.2 Å². The molecule has 0 fully saturated rings. The van der Waals surface area contributed by atoms with Crippen LogP contribution in [0, 0.1) is 11.3 Å². The Kier molecular flexibility index (Phi) is 4.96. The number of nitrogens with one attached hydrogen (secondary N) is 1. The summed E-state index contributed by atoms with van der Waals surface area (Å²) in [6.45, 7) is 2.02. The molecule has 3 rings (SSSR count). The molecule has 0 spiro atoms. The predicted octanol–water partition coefficient (Wildman–Crippen LogP) is 4.32. The standard InChI is InChI=1S/C19H15BrN4O/c1-2-14-11-18(22-19(25)16-5-3-4-6-17(16)20)23-24(14)15-9-7-13(12-21)8-10-15/h3-11H,2H2,1H3,(H,22,23,25). The van der Waals surface area contributed by atoms with Gasteiger partial charge in [-0.15, -0.1) is 5.10 Å². The summed E-state index contributed by atoms with van der Waals surface area (Å²) in [5.41, 5.74) is 2.95. The first-order valence-corrected chi connectivity index (χ1v) is 8.57. The SMILES string of the molecule is CCc1cc(NC(=O)c2ccccc2Br)nn1-c1ccc(C#N)cc1. The summed E-state index contributed by atoms with van der Waals surface area (Å²) in [5, 5.41) is 16.2.